The zero-order chi connectivity index (χ0) is 23.0. The molecule has 2 aromatic rings. The standard InChI is InChI=1S/C23H27F3N2O4/c1-2-30-22(29)10-9-21-16-28(11-12-31-21)19-13-18(14-27-15-19)4-3-17-5-7-20(8-6-17)32-23(24,25)26/h5-8,13-15,21H,2-4,9-12,16H2,1H3. The van der Waals surface area contributed by atoms with Crippen LogP contribution in [-0.2, 0) is 27.1 Å². The number of esters is 1. The zero-order valence-electron chi connectivity index (χ0n) is 17.9. The van der Waals surface area contributed by atoms with E-state index in [0.717, 1.165) is 23.4 Å². The van der Waals surface area contributed by atoms with Gasteiger partial charge in [-0.2, -0.15) is 0 Å². The summed E-state index contributed by atoms with van der Waals surface area (Å²) in [4.78, 5) is 18.1. The number of carbonyl (C=O) groups is 1. The summed E-state index contributed by atoms with van der Waals surface area (Å²) in [6.45, 7) is 4.14. The molecule has 1 aliphatic rings. The van der Waals surface area contributed by atoms with Crippen LogP contribution in [0, 0.1) is 0 Å². The molecule has 1 aromatic carbocycles. The van der Waals surface area contributed by atoms with E-state index in [1.807, 2.05) is 0 Å². The maximum atomic E-state index is 12.3. The van der Waals surface area contributed by atoms with E-state index in [-0.39, 0.29) is 17.8 Å². The lowest BCUT2D eigenvalue weighted by molar-refractivity contribution is -0.274. The minimum absolute atomic E-state index is 0.0470. The van der Waals surface area contributed by atoms with Gasteiger partial charge >= 0.3 is 12.3 Å². The fraction of sp³-hybridized carbons (Fsp3) is 0.478. The van der Waals surface area contributed by atoms with Gasteiger partial charge in [0.2, 0.25) is 0 Å². The van der Waals surface area contributed by atoms with Crippen LogP contribution in [0.15, 0.2) is 42.7 Å². The number of alkyl halides is 3. The molecule has 1 atom stereocenters. The smallest absolute Gasteiger partial charge is 0.466 e. The molecule has 1 unspecified atom stereocenters. The third-order valence-corrected chi connectivity index (χ3v) is 5.12. The van der Waals surface area contributed by atoms with Crippen LogP contribution in [0.1, 0.15) is 30.9 Å². The summed E-state index contributed by atoms with van der Waals surface area (Å²) in [5, 5.41) is 0. The first-order valence-electron chi connectivity index (χ1n) is 10.6. The minimum Gasteiger partial charge on any atom is -0.466 e. The molecular weight excluding hydrogens is 425 g/mol. The summed E-state index contributed by atoms with van der Waals surface area (Å²) in [5.74, 6) is -0.440. The fourth-order valence-electron chi connectivity index (χ4n) is 3.57. The van der Waals surface area contributed by atoms with Crippen LogP contribution in [0.3, 0.4) is 0 Å². The average Bonchev–Trinajstić information content (AvgIpc) is 2.77. The van der Waals surface area contributed by atoms with Crippen molar-refractivity contribution in [3.05, 3.63) is 53.9 Å². The van der Waals surface area contributed by atoms with Crippen molar-refractivity contribution in [2.45, 2.75) is 45.1 Å². The van der Waals surface area contributed by atoms with Crippen molar-refractivity contribution in [2.24, 2.45) is 0 Å². The number of carbonyl (C=O) groups excluding carboxylic acids is 1. The summed E-state index contributed by atoms with van der Waals surface area (Å²) >= 11 is 0. The summed E-state index contributed by atoms with van der Waals surface area (Å²) in [7, 11) is 0. The Morgan fingerprint density at radius 2 is 1.94 bits per heavy atom. The van der Waals surface area contributed by atoms with E-state index in [2.05, 4.69) is 20.7 Å². The third kappa shape index (κ3) is 7.71. The van der Waals surface area contributed by atoms with Crippen LogP contribution in [-0.4, -0.2) is 49.7 Å². The van der Waals surface area contributed by atoms with Gasteiger partial charge in [-0.3, -0.25) is 9.78 Å². The van der Waals surface area contributed by atoms with Crippen LogP contribution in [0.5, 0.6) is 5.75 Å². The molecule has 0 radical (unpaired) electrons. The van der Waals surface area contributed by atoms with Crippen LogP contribution in [0.4, 0.5) is 18.9 Å². The lowest BCUT2D eigenvalue weighted by Crippen LogP contribution is -2.42. The second-order valence-corrected chi connectivity index (χ2v) is 7.53. The number of hydrogen-bond acceptors (Lipinski definition) is 6. The van der Waals surface area contributed by atoms with Gasteiger partial charge in [0.15, 0.2) is 0 Å². The third-order valence-electron chi connectivity index (χ3n) is 5.12. The van der Waals surface area contributed by atoms with Gasteiger partial charge in [-0.1, -0.05) is 12.1 Å². The Bertz CT molecular complexity index is 874. The predicted octanol–water partition coefficient (Wildman–Crippen LogP) is 4.31. The predicted molar refractivity (Wildman–Crippen MR) is 113 cm³/mol. The fourth-order valence-corrected chi connectivity index (χ4v) is 3.57. The number of anilines is 1. The Balaban J connectivity index is 1.53. The van der Waals surface area contributed by atoms with Crippen LogP contribution >= 0.6 is 0 Å². The summed E-state index contributed by atoms with van der Waals surface area (Å²) in [6.07, 6.45) is 1.18. The molecule has 0 saturated carbocycles. The van der Waals surface area contributed by atoms with E-state index in [1.165, 1.54) is 12.1 Å². The Labute approximate surface area is 185 Å². The number of benzene rings is 1. The van der Waals surface area contributed by atoms with Gasteiger partial charge in [-0.05, 0) is 55.5 Å². The SMILES string of the molecule is CCOC(=O)CCC1CN(c2cncc(CCc3ccc(OC(F)(F)F)cc3)c2)CCO1. The maximum absolute atomic E-state index is 12.3. The Kier molecular flexibility index (Phi) is 8.33. The zero-order valence-corrected chi connectivity index (χ0v) is 17.9. The molecule has 32 heavy (non-hydrogen) atoms. The first-order valence-corrected chi connectivity index (χ1v) is 10.6. The number of morpholine rings is 1. The molecule has 1 aromatic heterocycles. The highest BCUT2D eigenvalue weighted by atomic mass is 19.4. The largest absolute Gasteiger partial charge is 0.573 e. The highest BCUT2D eigenvalue weighted by Crippen LogP contribution is 2.24. The Hall–Kier alpha value is -2.81. The van der Waals surface area contributed by atoms with Gasteiger partial charge < -0.3 is 19.1 Å². The average molecular weight is 452 g/mol. The molecule has 1 aliphatic heterocycles. The first-order chi connectivity index (χ1) is 15.3. The second kappa shape index (κ2) is 11.2. The van der Waals surface area contributed by atoms with Crippen LogP contribution in [0.2, 0.25) is 0 Å². The maximum Gasteiger partial charge on any atom is 0.573 e. The van der Waals surface area contributed by atoms with Gasteiger partial charge in [0.1, 0.15) is 5.75 Å². The Morgan fingerprint density at radius 3 is 2.66 bits per heavy atom. The summed E-state index contributed by atoms with van der Waals surface area (Å²) in [6, 6.07) is 7.98. The van der Waals surface area contributed by atoms with Gasteiger partial charge in [-0.15, -0.1) is 13.2 Å². The second-order valence-electron chi connectivity index (χ2n) is 7.53. The van der Waals surface area contributed by atoms with Crippen molar-refractivity contribution >= 4 is 11.7 Å². The van der Waals surface area contributed by atoms with E-state index in [4.69, 9.17) is 9.47 Å². The molecule has 1 saturated heterocycles. The molecule has 2 heterocycles. The molecule has 0 N–H and O–H groups in total. The lowest BCUT2D eigenvalue weighted by Gasteiger charge is -2.34. The van der Waals surface area contributed by atoms with Crippen molar-refractivity contribution < 1.29 is 32.2 Å². The number of hydrogen-bond donors (Lipinski definition) is 0. The van der Waals surface area contributed by atoms with E-state index in [0.29, 0.717) is 45.4 Å². The highest BCUT2D eigenvalue weighted by molar-refractivity contribution is 5.69. The number of rotatable bonds is 9. The first kappa shape index (κ1) is 23.8. The number of ether oxygens (including phenoxy) is 3. The van der Waals surface area contributed by atoms with Crippen molar-refractivity contribution in [3.8, 4) is 5.75 Å². The number of aryl methyl sites for hydroxylation is 2. The van der Waals surface area contributed by atoms with Gasteiger partial charge in [0.25, 0.3) is 0 Å². The lowest BCUT2D eigenvalue weighted by atomic mass is 10.0. The molecule has 0 aliphatic carbocycles. The highest BCUT2D eigenvalue weighted by Gasteiger charge is 2.31. The molecule has 0 spiro atoms. The molecule has 174 valence electrons. The number of pyridine rings is 1. The van der Waals surface area contributed by atoms with Crippen molar-refractivity contribution in [2.75, 3.05) is 31.2 Å². The molecule has 6 nitrogen and oxygen atoms in total. The van der Waals surface area contributed by atoms with E-state index < -0.39 is 6.36 Å². The van der Waals surface area contributed by atoms with Crippen molar-refractivity contribution in [1.82, 2.24) is 4.98 Å². The number of nitrogens with zero attached hydrogens (tertiary/aromatic N) is 2. The van der Waals surface area contributed by atoms with Crippen LogP contribution in [0.25, 0.3) is 0 Å². The Morgan fingerprint density at radius 1 is 1.19 bits per heavy atom. The minimum atomic E-state index is -4.69. The van der Waals surface area contributed by atoms with Crippen molar-refractivity contribution in [1.29, 1.82) is 0 Å². The molecular formula is C23H27F3N2O4. The normalized spacial score (nSPS) is 16.6. The van der Waals surface area contributed by atoms with E-state index >= 15 is 0 Å². The molecule has 1 fully saturated rings. The van der Waals surface area contributed by atoms with Gasteiger partial charge in [0.05, 0.1) is 31.2 Å². The van der Waals surface area contributed by atoms with E-state index in [9.17, 15) is 18.0 Å². The molecule has 9 heteroatoms. The topological polar surface area (TPSA) is 60.9 Å². The number of halogens is 3. The summed E-state index contributed by atoms with van der Waals surface area (Å²) < 4.78 is 51.5. The van der Waals surface area contributed by atoms with Crippen molar-refractivity contribution in [3.63, 3.8) is 0 Å². The van der Waals surface area contributed by atoms with E-state index in [1.54, 1.807) is 31.5 Å². The molecule has 0 amide bonds. The van der Waals surface area contributed by atoms with Gasteiger partial charge in [-0.25, -0.2) is 0 Å². The van der Waals surface area contributed by atoms with Gasteiger partial charge in [0, 0.05) is 25.7 Å². The number of aromatic nitrogens is 1. The summed E-state index contributed by atoms with van der Waals surface area (Å²) in [5.41, 5.74) is 2.93. The van der Waals surface area contributed by atoms with Crippen LogP contribution < -0.4 is 9.64 Å². The quantitative estimate of drug-likeness (QED) is 0.529. The monoisotopic (exact) mass is 452 g/mol. The molecule has 3 rings (SSSR count). The molecule has 0 bridgehead atoms.